The third-order valence-corrected chi connectivity index (χ3v) is 3.46. The maximum atomic E-state index is 13.7. The summed E-state index contributed by atoms with van der Waals surface area (Å²) in [5.41, 5.74) is -4.20. The SMILES string of the molecule is O=C(c1ccc([N+](=O)[O-])cc1F)N1CC[C@@](O)(C(F)(F)F)C1. The average molecular weight is 322 g/mol. The molecule has 1 atom stereocenters. The highest BCUT2D eigenvalue weighted by Crippen LogP contribution is 2.38. The van der Waals surface area contributed by atoms with Gasteiger partial charge in [0.15, 0.2) is 5.60 Å². The fourth-order valence-corrected chi connectivity index (χ4v) is 2.16. The lowest BCUT2D eigenvalue weighted by Crippen LogP contribution is -2.48. The van der Waals surface area contributed by atoms with Crippen molar-refractivity contribution in [3.63, 3.8) is 0 Å². The molecule has 0 unspecified atom stereocenters. The molecule has 1 aromatic rings. The van der Waals surface area contributed by atoms with Crippen LogP contribution in [0, 0.1) is 15.9 Å². The number of nitro groups is 1. The van der Waals surface area contributed by atoms with Gasteiger partial charge in [0.2, 0.25) is 0 Å². The van der Waals surface area contributed by atoms with Crippen molar-refractivity contribution in [3.8, 4) is 0 Å². The van der Waals surface area contributed by atoms with Crippen LogP contribution < -0.4 is 0 Å². The second-order valence-corrected chi connectivity index (χ2v) is 4.93. The quantitative estimate of drug-likeness (QED) is 0.512. The highest BCUT2D eigenvalue weighted by atomic mass is 19.4. The van der Waals surface area contributed by atoms with Crippen molar-refractivity contribution >= 4 is 11.6 Å². The van der Waals surface area contributed by atoms with Crippen molar-refractivity contribution in [2.75, 3.05) is 13.1 Å². The molecule has 10 heteroatoms. The molecule has 1 N–H and O–H groups in total. The largest absolute Gasteiger partial charge is 0.419 e. The number of nitrogens with zero attached hydrogens (tertiary/aromatic N) is 2. The van der Waals surface area contributed by atoms with Crippen LogP contribution in [0.2, 0.25) is 0 Å². The van der Waals surface area contributed by atoms with Crippen molar-refractivity contribution in [1.82, 2.24) is 4.90 Å². The van der Waals surface area contributed by atoms with E-state index in [4.69, 9.17) is 0 Å². The molecule has 0 bridgehead atoms. The fourth-order valence-electron chi connectivity index (χ4n) is 2.16. The minimum absolute atomic E-state index is 0.398. The number of halogens is 4. The highest BCUT2D eigenvalue weighted by Gasteiger charge is 2.57. The Morgan fingerprint density at radius 2 is 2.05 bits per heavy atom. The molecule has 6 nitrogen and oxygen atoms in total. The van der Waals surface area contributed by atoms with E-state index < -0.39 is 59.2 Å². The molecule has 22 heavy (non-hydrogen) atoms. The van der Waals surface area contributed by atoms with Gasteiger partial charge in [-0.05, 0) is 6.07 Å². The first kappa shape index (κ1) is 16.1. The van der Waals surface area contributed by atoms with Crippen LogP contribution in [0.5, 0.6) is 0 Å². The molecule has 2 rings (SSSR count). The molecule has 0 spiro atoms. The number of hydrogen-bond donors (Lipinski definition) is 1. The van der Waals surface area contributed by atoms with E-state index in [9.17, 15) is 37.6 Å². The lowest BCUT2D eigenvalue weighted by molar-refractivity contribution is -0.385. The molecule has 1 fully saturated rings. The first-order chi connectivity index (χ1) is 10.0. The number of amides is 1. The first-order valence-electron chi connectivity index (χ1n) is 6.07. The van der Waals surface area contributed by atoms with E-state index in [0.29, 0.717) is 11.0 Å². The van der Waals surface area contributed by atoms with E-state index in [2.05, 4.69) is 0 Å². The molecule has 0 radical (unpaired) electrons. The normalized spacial score (nSPS) is 22.0. The van der Waals surface area contributed by atoms with Crippen LogP contribution >= 0.6 is 0 Å². The number of β-amino-alcohol motifs (C(OH)–C–C–N with tert-alkyl or cyclic N) is 1. The minimum Gasteiger partial charge on any atom is -0.379 e. The number of non-ortho nitro benzene ring substituents is 1. The number of alkyl halides is 3. The Kier molecular flexibility index (Phi) is 3.81. The van der Waals surface area contributed by atoms with Gasteiger partial charge in [-0.1, -0.05) is 0 Å². The van der Waals surface area contributed by atoms with Gasteiger partial charge in [0, 0.05) is 19.0 Å². The Morgan fingerprint density at radius 1 is 1.41 bits per heavy atom. The van der Waals surface area contributed by atoms with E-state index in [0.717, 1.165) is 12.1 Å². The summed E-state index contributed by atoms with van der Waals surface area (Å²) in [6.45, 7) is -1.41. The molecule has 120 valence electrons. The maximum Gasteiger partial charge on any atom is 0.419 e. The van der Waals surface area contributed by atoms with Crippen LogP contribution in [-0.2, 0) is 0 Å². The van der Waals surface area contributed by atoms with Gasteiger partial charge in [-0.2, -0.15) is 13.2 Å². The van der Waals surface area contributed by atoms with E-state index in [1.165, 1.54) is 0 Å². The van der Waals surface area contributed by atoms with E-state index >= 15 is 0 Å². The molecule has 0 aromatic heterocycles. The monoisotopic (exact) mass is 322 g/mol. The van der Waals surface area contributed by atoms with Gasteiger partial charge in [0.1, 0.15) is 5.82 Å². The zero-order valence-electron chi connectivity index (χ0n) is 10.9. The Morgan fingerprint density at radius 3 is 2.50 bits per heavy atom. The van der Waals surface area contributed by atoms with Crippen molar-refractivity contribution in [1.29, 1.82) is 0 Å². The molecule has 0 aliphatic carbocycles. The van der Waals surface area contributed by atoms with Gasteiger partial charge in [0.25, 0.3) is 11.6 Å². The van der Waals surface area contributed by atoms with Gasteiger partial charge in [-0.3, -0.25) is 14.9 Å². The predicted molar refractivity (Wildman–Crippen MR) is 64.6 cm³/mol. The number of carbonyl (C=O) groups excluding carboxylic acids is 1. The maximum absolute atomic E-state index is 13.7. The molecule has 1 aromatic carbocycles. The molecule has 1 aliphatic rings. The summed E-state index contributed by atoms with van der Waals surface area (Å²) in [6.07, 6.45) is -5.62. The van der Waals surface area contributed by atoms with Crippen LogP contribution in [0.4, 0.5) is 23.2 Å². The summed E-state index contributed by atoms with van der Waals surface area (Å²) in [6, 6.07) is 2.22. The summed E-state index contributed by atoms with van der Waals surface area (Å²) in [5, 5.41) is 19.9. The highest BCUT2D eigenvalue weighted by molar-refractivity contribution is 5.95. The summed E-state index contributed by atoms with van der Waals surface area (Å²) in [5.74, 6) is -2.27. The second kappa shape index (κ2) is 5.20. The number of nitro benzene ring substituents is 1. The standard InChI is InChI=1S/C12H10F4N2O4/c13-9-5-7(18(21)22)1-2-8(9)10(19)17-4-3-11(20,6-17)12(14,15)16/h1-2,5,20H,3-4,6H2/t11-/m0/s1. The summed E-state index contributed by atoms with van der Waals surface area (Å²) in [4.78, 5) is 22.3. The minimum atomic E-state index is -4.91. The Balaban J connectivity index is 2.22. The van der Waals surface area contributed by atoms with Gasteiger partial charge in [-0.15, -0.1) is 0 Å². The lowest BCUT2D eigenvalue weighted by Gasteiger charge is -2.25. The van der Waals surface area contributed by atoms with E-state index in [-0.39, 0.29) is 0 Å². The van der Waals surface area contributed by atoms with Gasteiger partial charge in [-0.25, -0.2) is 4.39 Å². The smallest absolute Gasteiger partial charge is 0.379 e. The molecule has 1 saturated heterocycles. The number of benzene rings is 1. The van der Waals surface area contributed by atoms with Crippen LogP contribution in [-0.4, -0.2) is 45.7 Å². The first-order valence-corrected chi connectivity index (χ1v) is 6.07. The number of hydrogen-bond acceptors (Lipinski definition) is 4. The third-order valence-electron chi connectivity index (χ3n) is 3.46. The van der Waals surface area contributed by atoms with Crippen molar-refractivity contribution in [2.45, 2.75) is 18.2 Å². The van der Waals surface area contributed by atoms with Gasteiger partial charge < -0.3 is 10.0 Å². The molecule has 1 heterocycles. The zero-order valence-corrected chi connectivity index (χ0v) is 10.9. The molecule has 0 saturated carbocycles. The van der Waals surface area contributed by atoms with Crippen molar-refractivity contribution in [2.24, 2.45) is 0 Å². The van der Waals surface area contributed by atoms with E-state index in [1.54, 1.807) is 0 Å². The fraction of sp³-hybridized carbons (Fsp3) is 0.417. The molecule has 1 amide bonds. The summed E-state index contributed by atoms with van der Waals surface area (Å²) in [7, 11) is 0. The average Bonchev–Trinajstić information content (AvgIpc) is 2.81. The number of rotatable bonds is 2. The number of likely N-dealkylation sites (tertiary alicyclic amines) is 1. The van der Waals surface area contributed by atoms with Crippen LogP contribution in [0.1, 0.15) is 16.8 Å². The zero-order chi connectivity index (χ0) is 16.7. The second-order valence-electron chi connectivity index (χ2n) is 4.93. The Hall–Kier alpha value is -2.23. The van der Waals surface area contributed by atoms with Crippen LogP contribution in [0.3, 0.4) is 0 Å². The van der Waals surface area contributed by atoms with Gasteiger partial charge in [0.05, 0.1) is 23.1 Å². The van der Waals surface area contributed by atoms with Crippen molar-refractivity contribution < 1.29 is 32.4 Å². The van der Waals surface area contributed by atoms with E-state index in [1.807, 2.05) is 0 Å². The lowest BCUT2D eigenvalue weighted by atomic mass is 10.0. The van der Waals surface area contributed by atoms with Crippen LogP contribution in [0.15, 0.2) is 18.2 Å². The summed E-state index contributed by atoms with van der Waals surface area (Å²) < 4.78 is 51.7. The molecular formula is C12H10F4N2O4. The van der Waals surface area contributed by atoms with Gasteiger partial charge >= 0.3 is 6.18 Å². The number of carbonyl (C=O) groups is 1. The Bertz CT molecular complexity index is 634. The van der Waals surface area contributed by atoms with Crippen LogP contribution in [0.25, 0.3) is 0 Å². The van der Waals surface area contributed by atoms with Crippen molar-refractivity contribution in [3.05, 3.63) is 39.7 Å². The molecule has 1 aliphatic heterocycles. The number of aliphatic hydroxyl groups is 1. The molecular weight excluding hydrogens is 312 g/mol. The topological polar surface area (TPSA) is 83.7 Å². The predicted octanol–water partition coefficient (Wildman–Crippen LogP) is 1.87. The summed E-state index contributed by atoms with van der Waals surface area (Å²) >= 11 is 0. The Labute approximate surface area is 121 Å². The third kappa shape index (κ3) is 2.73.